The van der Waals surface area contributed by atoms with E-state index in [4.69, 9.17) is 11.6 Å². The summed E-state index contributed by atoms with van der Waals surface area (Å²) in [7, 11) is 0. The van der Waals surface area contributed by atoms with Crippen molar-refractivity contribution in [1.82, 2.24) is 25.9 Å². The van der Waals surface area contributed by atoms with Gasteiger partial charge in [-0.15, -0.1) is 10.2 Å². The van der Waals surface area contributed by atoms with Gasteiger partial charge in [-0.1, -0.05) is 35.9 Å². The summed E-state index contributed by atoms with van der Waals surface area (Å²) in [5, 5.41) is 17.3. The molecule has 2 aromatic carbocycles. The number of halogens is 1. The Balaban J connectivity index is 1.71. The van der Waals surface area contributed by atoms with Gasteiger partial charge < -0.3 is 5.32 Å². The number of H-pyrrole nitrogens is 1. The topological polar surface area (TPSA) is 83.6 Å². The van der Waals surface area contributed by atoms with Crippen LogP contribution < -0.4 is 5.32 Å². The number of carbonyl (C=O) groups excluding carboxylic acids is 1. The van der Waals surface area contributed by atoms with E-state index >= 15 is 0 Å². The smallest absolute Gasteiger partial charge is 0.251 e. The molecule has 0 saturated carbocycles. The van der Waals surface area contributed by atoms with Crippen molar-refractivity contribution in [1.29, 1.82) is 0 Å². The van der Waals surface area contributed by atoms with Crippen LogP contribution in [0.1, 0.15) is 28.9 Å². The summed E-state index contributed by atoms with van der Waals surface area (Å²) < 4.78 is 0. The third kappa shape index (κ3) is 3.54. The van der Waals surface area contributed by atoms with Crippen molar-refractivity contribution in [2.24, 2.45) is 0 Å². The molecule has 0 aliphatic carbocycles. The summed E-state index contributed by atoms with van der Waals surface area (Å²) in [6, 6.07) is 14.3. The minimum Gasteiger partial charge on any atom is -0.346 e. The van der Waals surface area contributed by atoms with Gasteiger partial charge in [0.1, 0.15) is 0 Å². The number of amides is 1. The predicted octanol–water partition coefficient (Wildman–Crippen LogP) is 3.01. The van der Waals surface area contributed by atoms with Gasteiger partial charge in [-0.2, -0.15) is 5.21 Å². The molecule has 0 aliphatic rings. The molecule has 0 unspecified atom stereocenters. The molecule has 1 amide bonds. The molecule has 1 aromatic heterocycles. The monoisotopic (exact) mass is 327 g/mol. The number of tetrazole rings is 1. The van der Waals surface area contributed by atoms with Crippen LogP contribution in [-0.2, 0) is 0 Å². The standard InChI is InChI=1S/C16H14ClN5O/c1-10(13-3-2-4-14(17)9-13)18-16(23)12-7-5-11(6-8-12)15-19-21-22-20-15/h2-10H,1H3,(H,18,23)(H,19,20,21,22)/t10-/m0/s1. The van der Waals surface area contributed by atoms with Crippen LogP contribution in [0.4, 0.5) is 0 Å². The summed E-state index contributed by atoms with van der Waals surface area (Å²) in [4.78, 5) is 12.3. The number of nitrogens with zero attached hydrogens (tertiary/aromatic N) is 3. The Labute approximate surface area is 137 Å². The van der Waals surface area contributed by atoms with Crippen molar-refractivity contribution >= 4 is 17.5 Å². The van der Waals surface area contributed by atoms with E-state index in [9.17, 15) is 4.79 Å². The first-order valence-electron chi connectivity index (χ1n) is 7.03. The number of hydrogen-bond donors (Lipinski definition) is 2. The van der Waals surface area contributed by atoms with Crippen molar-refractivity contribution in [2.45, 2.75) is 13.0 Å². The lowest BCUT2D eigenvalue weighted by Gasteiger charge is -2.14. The van der Waals surface area contributed by atoms with Gasteiger partial charge in [0.15, 0.2) is 0 Å². The van der Waals surface area contributed by atoms with Crippen LogP contribution in [0.5, 0.6) is 0 Å². The molecule has 2 N–H and O–H groups in total. The SMILES string of the molecule is C[C@H](NC(=O)c1ccc(-c2nn[nH]n2)cc1)c1cccc(Cl)c1. The number of rotatable bonds is 4. The third-order valence-corrected chi connectivity index (χ3v) is 3.68. The normalized spacial score (nSPS) is 11.9. The van der Waals surface area contributed by atoms with Crippen molar-refractivity contribution in [3.8, 4) is 11.4 Å². The molecule has 0 fully saturated rings. The first-order valence-corrected chi connectivity index (χ1v) is 7.41. The van der Waals surface area contributed by atoms with Gasteiger partial charge in [-0.05, 0) is 42.0 Å². The molecule has 6 nitrogen and oxygen atoms in total. The third-order valence-electron chi connectivity index (χ3n) is 3.45. The molecule has 0 aliphatic heterocycles. The average Bonchev–Trinajstić information content (AvgIpc) is 3.09. The number of nitrogens with one attached hydrogen (secondary N) is 2. The van der Waals surface area contributed by atoms with E-state index in [1.54, 1.807) is 30.3 Å². The fraction of sp³-hybridized carbons (Fsp3) is 0.125. The van der Waals surface area contributed by atoms with Crippen LogP contribution in [0.15, 0.2) is 48.5 Å². The molecule has 0 spiro atoms. The summed E-state index contributed by atoms with van der Waals surface area (Å²) in [5.41, 5.74) is 2.30. The van der Waals surface area contributed by atoms with E-state index in [0.717, 1.165) is 11.1 Å². The highest BCUT2D eigenvalue weighted by atomic mass is 35.5. The molecule has 23 heavy (non-hydrogen) atoms. The second kappa shape index (κ2) is 6.58. The Morgan fingerprint density at radius 2 is 2.00 bits per heavy atom. The first-order chi connectivity index (χ1) is 11.1. The van der Waals surface area contributed by atoms with E-state index < -0.39 is 0 Å². The number of carbonyl (C=O) groups is 1. The quantitative estimate of drug-likeness (QED) is 0.771. The lowest BCUT2D eigenvalue weighted by molar-refractivity contribution is 0.0940. The van der Waals surface area contributed by atoms with Crippen LogP contribution in [0.2, 0.25) is 5.02 Å². The Morgan fingerprint density at radius 3 is 2.65 bits per heavy atom. The molecule has 0 saturated heterocycles. The van der Waals surface area contributed by atoms with Crippen LogP contribution in [0, 0.1) is 0 Å². The molecule has 1 atom stereocenters. The number of benzene rings is 2. The van der Waals surface area contributed by atoms with E-state index in [0.29, 0.717) is 16.4 Å². The molecule has 7 heteroatoms. The summed E-state index contributed by atoms with van der Waals surface area (Å²) >= 11 is 5.98. The second-order valence-electron chi connectivity index (χ2n) is 5.06. The summed E-state index contributed by atoms with van der Waals surface area (Å²) in [5.74, 6) is 0.335. The molecular formula is C16H14ClN5O. The largest absolute Gasteiger partial charge is 0.346 e. The van der Waals surface area contributed by atoms with E-state index in [-0.39, 0.29) is 11.9 Å². The second-order valence-corrected chi connectivity index (χ2v) is 5.50. The Bertz CT molecular complexity index is 802. The minimum absolute atomic E-state index is 0.141. The molecule has 0 radical (unpaired) electrons. The van der Waals surface area contributed by atoms with E-state index in [1.807, 2.05) is 25.1 Å². The van der Waals surface area contributed by atoms with Gasteiger partial charge in [0.2, 0.25) is 5.82 Å². The Hall–Kier alpha value is -2.73. The fourth-order valence-electron chi connectivity index (χ4n) is 2.19. The van der Waals surface area contributed by atoms with Gasteiger partial charge in [0.05, 0.1) is 6.04 Å². The zero-order valence-electron chi connectivity index (χ0n) is 12.3. The lowest BCUT2D eigenvalue weighted by atomic mass is 10.1. The van der Waals surface area contributed by atoms with Crippen molar-refractivity contribution in [3.05, 3.63) is 64.7 Å². The number of hydrogen-bond acceptors (Lipinski definition) is 4. The maximum absolute atomic E-state index is 12.3. The van der Waals surface area contributed by atoms with Gasteiger partial charge >= 0.3 is 0 Å². The van der Waals surface area contributed by atoms with Crippen LogP contribution in [-0.4, -0.2) is 26.5 Å². The maximum atomic E-state index is 12.3. The molecule has 3 aromatic rings. The molecule has 0 bridgehead atoms. The number of aromatic nitrogens is 4. The highest BCUT2D eigenvalue weighted by molar-refractivity contribution is 6.30. The molecule has 116 valence electrons. The van der Waals surface area contributed by atoms with E-state index in [2.05, 4.69) is 25.9 Å². The molecule has 3 rings (SSSR count). The minimum atomic E-state index is -0.155. The van der Waals surface area contributed by atoms with Gasteiger partial charge in [0.25, 0.3) is 5.91 Å². The molecular weight excluding hydrogens is 314 g/mol. The lowest BCUT2D eigenvalue weighted by Crippen LogP contribution is -2.26. The highest BCUT2D eigenvalue weighted by Crippen LogP contribution is 2.18. The maximum Gasteiger partial charge on any atom is 0.251 e. The first kappa shape index (κ1) is 15.2. The fourth-order valence-corrected chi connectivity index (χ4v) is 2.39. The van der Waals surface area contributed by atoms with Crippen LogP contribution >= 0.6 is 11.6 Å². The molecule has 1 heterocycles. The summed E-state index contributed by atoms with van der Waals surface area (Å²) in [6.07, 6.45) is 0. The van der Waals surface area contributed by atoms with Gasteiger partial charge in [-0.25, -0.2) is 0 Å². The van der Waals surface area contributed by atoms with Crippen molar-refractivity contribution in [2.75, 3.05) is 0 Å². The van der Waals surface area contributed by atoms with E-state index in [1.165, 1.54) is 0 Å². The van der Waals surface area contributed by atoms with Crippen molar-refractivity contribution < 1.29 is 4.79 Å². The van der Waals surface area contributed by atoms with Crippen molar-refractivity contribution in [3.63, 3.8) is 0 Å². The van der Waals surface area contributed by atoms with Gasteiger partial charge in [0, 0.05) is 16.1 Å². The Morgan fingerprint density at radius 1 is 1.22 bits per heavy atom. The predicted molar refractivity (Wildman–Crippen MR) is 86.9 cm³/mol. The van der Waals surface area contributed by atoms with Gasteiger partial charge in [-0.3, -0.25) is 4.79 Å². The Kier molecular flexibility index (Phi) is 4.34. The zero-order valence-corrected chi connectivity index (χ0v) is 13.1. The van der Waals surface area contributed by atoms with Crippen LogP contribution in [0.25, 0.3) is 11.4 Å². The zero-order chi connectivity index (χ0) is 16.2. The number of aromatic amines is 1. The summed E-state index contributed by atoms with van der Waals surface area (Å²) in [6.45, 7) is 1.91. The highest BCUT2D eigenvalue weighted by Gasteiger charge is 2.12. The van der Waals surface area contributed by atoms with Crippen LogP contribution in [0.3, 0.4) is 0 Å². The average molecular weight is 328 g/mol.